The lowest BCUT2D eigenvalue weighted by molar-refractivity contribution is -0.143. The number of ether oxygens (including phenoxy) is 1. The maximum Gasteiger partial charge on any atom is 0.305 e. The zero-order chi connectivity index (χ0) is 21.3. The number of hydrogen-bond donors (Lipinski definition) is 1. The molecular formula is C26H50O2S. The predicted octanol–water partition coefficient (Wildman–Crippen LogP) is 8.84. The summed E-state index contributed by atoms with van der Waals surface area (Å²) in [5, 5.41) is 0. The van der Waals surface area contributed by atoms with Gasteiger partial charge in [0.1, 0.15) is 6.61 Å². The topological polar surface area (TPSA) is 26.3 Å². The van der Waals surface area contributed by atoms with E-state index in [1.807, 2.05) is 0 Å². The Hall–Kier alpha value is -0.440. The highest BCUT2D eigenvalue weighted by molar-refractivity contribution is 7.80. The lowest BCUT2D eigenvalue weighted by Crippen LogP contribution is -2.05. The van der Waals surface area contributed by atoms with E-state index in [0.717, 1.165) is 12.8 Å². The number of carbonyl (C=O) groups is 1. The Morgan fingerprint density at radius 1 is 0.655 bits per heavy atom. The van der Waals surface area contributed by atoms with Gasteiger partial charge in [-0.3, -0.25) is 4.79 Å². The van der Waals surface area contributed by atoms with Crippen LogP contribution in [0.1, 0.15) is 135 Å². The zero-order valence-corrected chi connectivity index (χ0v) is 20.4. The molecular weight excluding hydrogens is 376 g/mol. The van der Waals surface area contributed by atoms with Crippen LogP contribution in [0.4, 0.5) is 0 Å². The van der Waals surface area contributed by atoms with Crippen molar-refractivity contribution in [1.82, 2.24) is 0 Å². The highest BCUT2D eigenvalue weighted by Crippen LogP contribution is 2.14. The van der Waals surface area contributed by atoms with Gasteiger partial charge < -0.3 is 4.74 Å². The summed E-state index contributed by atoms with van der Waals surface area (Å²) in [4.78, 5) is 11.3. The monoisotopic (exact) mass is 426 g/mol. The van der Waals surface area contributed by atoms with Crippen molar-refractivity contribution in [2.45, 2.75) is 135 Å². The zero-order valence-electron chi connectivity index (χ0n) is 19.5. The van der Waals surface area contributed by atoms with E-state index in [0.29, 0.717) is 18.8 Å². The van der Waals surface area contributed by atoms with E-state index in [1.54, 1.807) is 0 Å². The van der Waals surface area contributed by atoms with Gasteiger partial charge in [0.25, 0.3) is 0 Å². The molecule has 29 heavy (non-hydrogen) atoms. The molecule has 0 atom stereocenters. The van der Waals surface area contributed by atoms with E-state index in [4.69, 9.17) is 4.74 Å². The van der Waals surface area contributed by atoms with Crippen LogP contribution in [0.25, 0.3) is 0 Å². The molecule has 0 aromatic rings. The Bertz CT molecular complexity index is 355. The van der Waals surface area contributed by atoms with Crippen molar-refractivity contribution < 1.29 is 9.53 Å². The third-order valence-electron chi connectivity index (χ3n) is 5.50. The van der Waals surface area contributed by atoms with Crippen LogP contribution in [0.15, 0.2) is 12.2 Å². The maximum atomic E-state index is 11.3. The number of rotatable bonds is 23. The molecule has 0 aromatic heterocycles. The van der Waals surface area contributed by atoms with Gasteiger partial charge in [-0.15, -0.1) is 0 Å². The Morgan fingerprint density at radius 3 is 1.52 bits per heavy atom. The molecule has 0 heterocycles. The smallest absolute Gasteiger partial charge is 0.305 e. The van der Waals surface area contributed by atoms with Gasteiger partial charge in [0.2, 0.25) is 0 Å². The molecule has 0 aliphatic heterocycles. The summed E-state index contributed by atoms with van der Waals surface area (Å²) in [5.74, 6) is 0.510. The average molecular weight is 427 g/mol. The van der Waals surface area contributed by atoms with Gasteiger partial charge in [0.05, 0.1) is 0 Å². The summed E-state index contributed by atoms with van der Waals surface area (Å²) < 4.78 is 5.00. The van der Waals surface area contributed by atoms with Crippen molar-refractivity contribution >= 4 is 18.6 Å². The first-order chi connectivity index (χ1) is 14.3. The van der Waals surface area contributed by atoms with E-state index < -0.39 is 0 Å². The molecule has 172 valence electrons. The molecule has 0 radical (unpaired) electrons. The second kappa shape index (κ2) is 25.6. The largest absolute Gasteiger partial charge is 0.465 e. The SMILES string of the molecule is CCCCCCCCCCCCCCCCCC/C=C/CCCC(=O)OCCS. The lowest BCUT2D eigenvalue weighted by Gasteiger charge is -2.03. The van der Waals surface area contributed by atoms with Crippen molar-refractivity contribution in [2.24, 2.45) is 0 Å². The van der Waals surface area contributed by atoms with Gasteiger partial charge in [0.15, 0.2) is 0 Å². The average Bonchev–Trinajstić information content (AvgIpc) is 2.73. The third-order valence-corrected chi connectivity index (χ3v) is 5.68. The highest BCUT2D eigenvalue weighted by atomic mass is 32.1. The molecule has 0 aromatic carbocycles. The van der Waals surface area contributed by atoms with E-state index in [1.165, 1.54) is 109 Å². The van der Waals surface area contributed by atoms with Gasteiger partial charge in [-0.25, -0.2) is 0 Å². The van der Waals surface area contributed by atoms with E-state index in [9.17, 15) is 4.79 Å². The first-order valence-electron chi connectivity index (χ1n) is 12.7. The Labute approximate surface area is 188 Å². The molecule has 0 aliphatic rings. The molecule has 0 rings (SSSR count). The second-order valence-electron chi connectivity index (χ2n) is 8.40. The number of thiol groups is 1. The summed E-state index contributed by atoms with van der Waals surface area (Å²) in [6.07, 6.45) is 30.8. The van der Waals surface area contributed by atoms with Crippen LogP contribution in [-0.2, 0) is 9.53 Å². The van der Waals surface area contributed by atoms with Gasteiger partial charge >= 0.3 is 5.97 Å². The van der Waals surface area contributed by atoms with Gasteiger partial charge in [0, 0.05) is 12.2 Å². The summed E-state index contributed by atoms with van der Waals surface area (Å²) in [7, 11) is 0. The van der Waals surface area contributed by atoms with Crippen LogP contribution in [0, 0.1) is 0 Å². The molecule has 0 unspecified atom stereocenters. The van der Waals surface area contributed by atoms with Crippen LogP contribution in [0.5, 0.6) is 0 Å². The van der Waals surface area contributed by atoms with Crippen molar-refractivity contribution in [3.63, 3.8) is 0 Å². The highest BCUT2D eigenvalue weighted by Gasteiger charge is 2.00. The van der Waals surface area contributed by atoms with Gasteiger partial charge in [-0.1, -0.05) is 115 Å². The fourth-order valence-corrected chi connectivity index (χ4v) is 3.73. The Kier molecular flexibility index (Phi) is 25.2. The molecule has 0 spiro atoms. The summed E-state index contributed by atoms with van der Waals surface area (Å²) in [6, 6.07) is 0. The number of carbonyl (C=O) groups excluding carboxylic acids is 1. The molecule has 0 fully saturated rings. The van der Waals surface area contributed by atoms with Crippen LogP contribution < -0.4 is 0 Å². The van der Waals surface area contributed by atoms with E-state index in [2.05, 4.69) is 31.7 Å². The van der Waals surface area contributed by atoms with Crippen molar-refractivity contribution in [1.29, 1.82) is 0 Å². The van der Waals surface area contributed by atoms with Gasteiger partial charge in [-0.05, 0) is 25.7 Å². The number of unbranched alkanes of at least 4 members (excludes halogenated alkanes) is 17. The molecule has 2 nitrogen and oxygen atoms in total. The van der Waals surface area contributed by atoms with E-state index >= 15 is 0 Å². The Balaban J connectivity index is 3.12. The summed E-state index contributed by atoms with van der Waals surface area (Å²) in [6.45, 7) is 2.72. The minimum atomic E-state index is -0.0924. The minimum Gasteiger partial charge on any atom is -0.465 e. The van der Waals surface area contributed by atoms with E-state index in [-0.39, 0.29) is 5.97 Å². The molecule has 0 amide bonds. The predicted molar refractivity (Wildman–Crippen MR) is 132 cm³/mol. The summed E-state index contributed by atoms with van der Waals surface area (Å²) >= 11 is 4.02. The molecule has 0 aliphatic carbocycles. The molecule has 0 N–H and O–H groups in total. The molecule has 0 saturated heterocycles. The normalized spacial score (nSPS) is 11.4. The van der Waals surface area contributed by atoms with Crippen LogP contribution in [0.3, 0.4) is 0 Å². The molecule has 3 heteroatoms. The quantitative estimate of drug-likeness (QED) is 0.0764. The second-order valence-corrected chi connectivity index (χ2v) is 8.85. The van der Waals surface area contributed by atoms with Crippen molar-refractivity contribution in [2.75, 3.05) is 12.4 Å². The molecule has 0 saturated carbocycles. The van der Waals surface area contributed by atoms with Crippen LogP contribution in [-0.4, -0.2) is 18.3 Å². The number of esters is 1. The van der Waals surface area contributed by atoms with Crippen LogP contribution in [0.2, 0.25) is 0 Å². The molecule has 0 bridgehead atoms. The van der Waals surface area contributed by atoms with Gasteiger partial charge in [-0.2, -0.15) is 12.6 Å². The first-order valence-corrected chi connectivity index (χ1v) is 13.4. The lowest BCUT2D eigenvalue weighted by atomic mass is 10.0. The fourth-order valence-electron chi connectivity index (χ4n) is 3.64. The third kappa shape index (κ3) is 25.5. The van der Waals surface area contributed by atoms with Crippen LogP contribution >= 0.6 is 12.6 Å². The minimum absolute atomic E-state index is 0.0924. The number of hydrogen-bond acceptors (Lipinski definition) is 3. The fraction of sp³-hybridized carbons (Fsp3) is 0.885. The van der Waals surface area contributed by atoms with Crippen molar-refractivity contribution in [3.8, 4) is 0 Å². The first kappa shape index (κ1) is 28.6. The summed E-state index contributed by atoms with van der Waals surface area (Å²) in [5.41, 5.74) is 0. The Morgan fingerprint density at radius 2 is 1.07 bits per heavy atom. The standard InChI is InChI=1S/C26H50O2S/c1-2-3-4-5-6-7-8-9-10-11-12-13-14-15-16-17-18-19-20-21-22-23-26(27)28-24-25-29/h19-20,29H,2-18,21-25H2,1H3/b20-19+. The van der Waals surface area contributed by atoms with Crippen molar-refractivity contribution in [3.05, 3.63) is 12.2 Å². The maximum absolute atomic E-state index is 11.3. The number of allylic oxidation sites excluding steroid dienone is 2.